The summed E-state index contributed by atoms with van der Waals surface area (Å²) in [4.78, 5) is 2.43. The Bertz CT molecular complexity index is 138. The average molecular weight is 216 g/mol. The summed E-state index contributed by atoms with van der Waals surface area (Å²) in [6, 6.07) is 0. The fourth-order valence-electron chi connectivity index (χ4n) is 1.87. The van der Waals surface area contributed by atoms with Crippen LogP contribution in [0.5, 0.6) is 0 Å². The van der Waals surface area contributed by atoms with Gasteiger partial charge in [0.2, 0.25) is 0 Å². The van der Waals surface area contributed by atoms with Crippen molar-refractivity contribution in [1.82, 2.24) is 4.90 Å². The van der Waals surface area contributed by atoms with Gasteiger partial charge in [-0.05, 0) is 31.3 Å². The molecule has 0 saturated heterocycles. The molecule has 0 unspecified atom stereocenters. The van der Waals surface area contributed by atoms with Crippen molar-refractivity contribution in [3.8, 4) is 0 Å². The van der Waals surface area contributed by atoms with Crippen LogP contribution in [-0.4, -0.2) is 44.8 Å². The van der Waals surface area contributed by atoms with Gasteiger partial charge in [-0.1, -0.05) is 20.8 Å². The maximum Gasteiger partial charge on any atom is 0.0589 e. The first-order valence-electron chi connectivity index (χ1n) is 6.09. The van der Waals surface area contributed by atoms with Crippen molar-refractivity contribution in [2.24, 2.45) is 11.1 Å². The number of hydrogen-bond donors (Lipinski definition) is 1. The summed E-state index contributed by atoms with van der Waals surface area (Å²) >= 11 is 0. The molecule has 0 atom stereocenters. The molecule has 0 aromatic carbocycles. The van der Waals surface area contributed by atoms with Crippen LogP contribution in [0.3, 0.4) is 0 Å². The molecule has 0 rings (SSSR count). The first-order valence-corrected chi connectivity index (χ1v) is 6.09. The Balaban J connectivity index is 4.21. The summed E-state index contributed by atoms with van der Waals surface area (Å²) in [7, 11) is 1.75. The van der Waals surface area contributed by atoms with E-state index in [0.717, 1.165) is 45.6 Å². The van der Waals surface area contributed by atoms with Crippen molar-refractivity contribution in [2.75, 3.05) is 39.9 Å². The molecule has 3 nitrogen and oxygen atoms in total. The Labute approximate surface area is 95.0 Å². The third-order valence-electron chi connectivity index (χ3n) is 3.55. The van der Waals surface area contributed by atoms with E-state index >= 15 is 0 Å². The quantitative estimate of drug-likeness (QED) is 0.638. The highest BCUT2D eigenvalue weighted by Gasteiger charge is 2.26. The summed E-state index contributed by atoms with van der Waals surface area (Å²) in [6.45, 7) is 11.4. The average Bonchev–Trinajstić information content (AvgIpc) is 2.30. The van der Waals surface area contributed by atoms with Crippen molar-refractivity contribution in [1.29, 1.82) is 0 Å². The maximum atomic E-state index is 5.90. The molecule has 0 saturated carbocycles. The summed E-state index contributed by atoms with van der Waals surface area (Å²) < 4.78 is 5.12. The highest BCUT2D eigenvalue weighted by Crippen LogP contribution is 2.25. The van der Waals surface area contributed by atoms with E-state index < -0.39 is 0 Å². The molecule has 3 heteroatoms. The van der Waals surface area contributed by atoms with Crippen LogP contribution in [0, 0.1) is 5.41 Å². The first kappa shape index (κ1) is 14.9. The molecule has 0 aromatic rings. The number of nitrogens with two attached hydrogens (primary N) is 1. The topological polar surface area (TPSA) is 38.5 Å². The van der Waals surface area contributed by atoms with Crippen molar-refractivity contribution < 1.29 is 4.74 Å². The summed E-state index contributed by atoms with van der Waals surface area (Å²) in [5.74, 6) is 0. The number of methoxy groups -OCH3 is 1. The molecule has 92 valence electrons. The van der Waals surface area contributed by atoms with Gasteiger partial charge in [-0.3, -0.25) is 0 Å². The second-order valence-corrected chi connectivity index (χ2v) is 4.27. The second kappa shape index (κ2) is 8.08. The highest BCUT2D eigenvalue weighted by molar-refractivity contribution is 4.81. The van der Waals surface area contributed by atoms with Crippen molar-refractivity contribution in [3.63, 3.8) is 0 Å². The molecule has 0 aliphatic heterocycles. The van der Waals surface area contributed by atoms with Gasteiger partial charge in [-0.2, -0.15) is 0 Å². The van der Waals surface area contributed by atoms with Crippen LogP contribution in [0.1, 0.15) is 33.6 Å². The lowest BCUT2D eigenvalue weighted by Gasteiger charge is -2.35. The van der Waals surface area contributed by atoms with E-state index in [-0.39, 0.29) is 0 Å². The largest absolute Gasteiger partial charge is 0.383 e. The second-order valence-electron chi connectivity index (χ2n) is 4.27. The lowest BCUT2D eigenvalue weighted by Crippen LogP contribution is -2.43. The van der Waals surface area contributed by atoms with E-state index in [4.69, 9.17) is 10.5 Å². The fraction of sp³-hybridized carbons (Fsp3) is 1.00. The molecular formula is C12H28N2O. The molecule has 0 amide bonds. The standard InChI is InChI=1S/C12H28N2O/c1-5-12(6-2,10-13)11-14(7-3)8-9-15-4/h5-11,13H2,1-4H3. The Morgan fingerprint density at radius 2 is 1.80 bits per heavy atom. The van der Waals surface area contributed by atoms with Gasteiger partial charge in [-0.15, -0.1) is 0 Å². The summed E-state index contributed by atoms with van der Waals surface area (Å²) in [5, 5.41) is 0. The highest BCUT2D eigenvalue weighted by atomic mass is 16.5. The van der Waals surface area contributed by atoms with Crippen molar-refractivity contribution >= 4 is 0 Å². The van der Waals surface area contributed by atoms with Crippen LogP contribution in [0.25, 0.3) is 0 Å². The molecule has 0 aliphatic carbocycles. The Morgan fingerprint density at radius 1 is 1.20 bits per heavy atom. The Kier molecular flexibility index (Phi) is 8.02. The SMILES string of the molecule is CCN(CCOC)CC(CC)(CC)CN. The van der Waals surface area contributed by atoms with E-state index in [1.807, 2.05) is 0 Å². The number of rotatable bonds is 9. The van der Waals surface area contributed by atoms with E-state index in [1.165, 1.54) is 0 Å². The van der Waals surface area contributed by atoms with Gasteiger partial charge in [0.05, 0.1) is 6.61 Å². The molecule has 0 spiro atoms. The van der Waals surface area contributed by atoms with Gasteiger partial charge in [0.15, 0.2) is 0 Å². The van der Waals surface area contributed by atoms with Crippen LogP contribution in [0.15, 0.2) is 0 Å². The summed E-state index contributed by atoms with van der Waals surface area (Å²) in [5.41, 5.74) is 6.20. The van der Waals surface area contributed by atoms with Gasteiger partial charge >= 0.3 is 0 Å². The Morgan fingerprint density at radius 3 is 2.13 bits per heavy atom. The Hall–Kier alpha value is -0.120. The van der Waals surface area contributed by atoms with Crippen LogP contribution in [-0.2, 0) is 4.74 Å². The lowest BCUT2D eigenvalue weighted by atomic mass is 9.82. The van der Waals surface area contributed by atoms with Crippen LogP contribution in [0.4, 0.5) is 0 Å². The minimum absolute atomic E-state index is 0.295. The zero-order chi connectivity index (χ0) is 11.7. The van der Waals surface area contributed by atoms with Gasteiger partial charge in [0.25, 0.3) is 0 Å². The van der Waals surface area contributed by atoms with Gasteiger partial charge < -0.3 is 15.4 Å². The molecule has 2 N–H and O–H groups in total. The summed E-state index contributed by atoms with van der Waals surface area (Å²) in [6.07, 6.45) is 2.31. The maximum absolute atomic E-state index is 5.90. The van der Waals surface area contributed by atoms with Crippen LogP contribution >= 0.6 is 0 Å². The lowest BCUT2D eigenvalue weighted by molar-refractivity contribution is 0.106. The third-order valence-corrected chi connectivity index (χ3v) is 3.55. The smallest absolute Gasteiger partial charge is 0.0589 e. The van der Waals surface area contributed by atoms with E-state index in [1.54, 1.807) is 7.11 Å². The first-order chi connectivity index (χ1) is 7.17. The van der Waals surface area contributed by atoms with E-state index in [2.05, 4.69) is 25.7 Å². The van der Waals surface area contributed by atoms with Gasteiger partial charge in [0, 0.05) is 20.2 Å². The number of ether oxygens (including phenoxy) is 1. The number of likely N-dealkylation sites (N-methyl/N-ethyl adjacent to an activating group) is 1. The van der Waals surface area contributed by atoms with Gasteiger partial charge in [-0.25, -0.2) is 0 Å². The van der Waals surface area contributed by atoms with Crippen LogP contribution < -0.4 is 5.73 Å². The molecule has 0 aromatic heterocycles. The molecule has 0 fully saturated rings. The molecule has 0 heterocycles. The zero-order valence-corrected chi connectivity index (χ0v) is 10.9. The predicted octanol–water partition coefficient (Wildman–Crippen LogP) is 1.72. The van der Waals surface area contributed by atoms with Crippen molar-refractivity contribution in [3.05, 3.63) is 0 Å². The van der Waals surface area contributed by atoms with E-state index in [0.29, 0.717) is 5.41 Å². The fourth-order valence-corrected chi connectivity index (χ4v) is 1.87. The number of nitrogens with zero attached hydrogens (tertiary/aromatic N) is 1. The molecule has 0 bridgehead atoms. The minimum atomic E-state index is 0.295. The predicted molar refractivity (Wildman–Crippen MR) is 66.1 cm³/mol. The third kappa shape index (κ3) is 4.96. The zero-order valence-electron chi connectivity index (χ0n) is 10.9. The minimum Gasteiger partial charge on any atom is -0.383 e. The van der Waals surface area contributed by atoms with Crippen molar-refractivity contribution in [2.45, 2.75) is 33.6 Å². The van der Waals surface area contributed by atoms with Gasteiger partial charge in [0.1, 0.15) is 0 Å². The monoisotopic (exact) mass is 216 g/mol. The molecule has 15 heavy (non-hydrogen) atoms. The molecule has 0 radical (unpaired) electrons. The normalized spacial score (nSPS) is 12.4. The van der Waals surface area contributed by atoms with E-state index in [9.17, 15) is 0 Å². The number of hydrogen-bond acceptors (Lipinski definition) is 3. The van der Waals surface area contributed by atoms with Crippen LogP contribution in [0.2, 0.25) is 0 Å². The molecule has 0 aliphatic rings. The molecular weight excluding hydrogens is 188 g/mol.